The van der Waals surface area contributed by atoms with Gasteiger partial charge in [-0.15, -0.1) is 6.58 Å². The Bertz CT molecular complexity index is 1230. The number of rotatable bonds is 7. The van der Waals surface area contributed by atoms with E-state index in [1.54, 1.807) is 18.2 Å². The van der Waals surface area contributed by atoms with Gasteiger partial charge in [0, 0.05) is 11.8 Å². The Morgan fingerprint density at radius 3 is 2.47 bits per heavy atom. The molecule has 1 aromatic heterocycles. The number of amides is 1. The van der Waals surface area contributed by atoms with Crippen molar-refractivity contribution in [3.8, 4) is 0 Å². The first kappa shape index (κ1) is 23.0. The van der Waals surface area contributed by atoms with E-state index < -0.39 is 27.7 Å². The third-order valence-electron chi connectivity index (χ3n) is 4.35. The monoisotopic (exact) mass is 461 g/mol. The van der Waals surface area contributed by atoms with E-state index in [4.69, 9.17) is 0 Å². The summed E-state index contributed by atoms with van der Waals surface area (Å²) < 4.78 is 66.7. The van der Waals surface area contributed by atoms with Crippen molar-refractivity contribution in [2.24, 2.45) is 0 Å². The van der Waals surface area contributed by atoms with E-state index in [0.717, 1.165) is 28.6 Å². The second-order valence-corrected chi connectivity index (χ2v) is 8.43. The van der Waals surface area contributed by atoms with Crippen molar-refractivity contribution in [2.45, 2.75) is 11.1 Å². The van der Waals surface area contributed by atoms with E-state index in [9.17, 15) is 26.4 Å². The Kier molecular flexibility index (Phi) is 6.64. The molecule has 32 heavy (non-hydrogen) atoms. The zero-order valence-electron chi connectivity index (χ0n) is 16.6. The molecule has 0 atom stereocenters. The molecule has 0 saturated carbocycles. The van der Waals surface area contributed by atoms with Crippen LogP contribution in [0.4, 0.5) is 24.7 Å². The van der Waals surface area contributed by atoms with Crippen LogP contribution in [0.3, 0.4) is 0 Å². The van der Waals surface area contributed by atoms with Gasteiger partial charge in [0.25, 0.3) is 15.9 Å². The summed E-state index contributed by atoms with van der Waals surface area (Å²) in [5.74, 6) is -0.307. The highest BCUT2D eigenvalue weighted by atomic mass is 32.2. The highest BCUT2D eigenvalue weighted by molar-refractivity contribution is 7.92. The number of pyridine rings is 1. The van der Waals surface area contributed by atoms with Crippen molar-refractivity contribution in [1.82, 2.24) is 4.98 Å². The fraction of sp³-hybridized carbons (Fsp3) is 0.0909. The number of anilines is 2. The topological polar surface area (TPSA) is 79.4 Å². The zero-order chi connectivity index (χ0) is 23.4. The second kappa shape index (κ2) is 9.23. The number of sulfonamides is 1. The number of carbonyl (C=O) groups excluding carboxylic acids is 1. The molecular formula is C22H18F3N3O3S. The minimum absolute atomic E-state index is 0.0410. The third kappa shape index (κ3) is 5.14. The molecule has 0 aliphatic carbocycles. The van der Waals surface area contributed by atoms with Gasteiger partial charge in [-0.3, -0.25) is 9.10 Å². The first-order valence-electron chi connectivity index (χ1n) is 9.26. The molecule has 166 valence electrons. The molecule has 0 radical (unpaired) electrons. The average molecular weight is 461 g/mol. The van der Waals surface area contributed by atoms with Gasteiger partial charge in [-0.25, -0.2) is 13.4 Å². The van der Waals surface area contributed by atoms with Gasteiger partial charge in [-0.1, -0.05) is 24.3 Å². The molecule has 0 aliphatic heterocycles. The minimum Gasteiger partial charge on any atom is -0.307 e. The molecule has 2 aromatic carbocycles. The van der Waals surface area contributed by atoms with Crippen LogP contribution in [0.1, 0.15) is 15.9 Å². The predicted octanol–water partition coefficient (Wildman–Crippen LogP) is 4.73. The van der Waals surface area contributed by atoms with Crippen LogP contribution in [0, 0.1) is 0 Å². The van der Waals surface area contributed by atoms with E-state index >= 15 is 0 Å². The van der Waals surface area contributed by atoms with Gasteiger partial charge in [-0.2, -0.15) is 13.2 Å². The van der Waals surface area contributed by atoms with Gasteiger partial charge in [-0.05, 0) is 48.5 Å². The number of nitrogens with zero attached hydrogens (tertiary/aromatic N) is 2. The third-order valence-corrected chi connectivity index (χ3v) is 6.14. The van der Waals surface area contributed by atoms with Gasteiger partial charge >= 0.3 is 6.18 Å². The Balaban J connectivity index is 1.97. The lowest BCUT2D eigenvalue weighted by molar-refractivity contribution is -0.137. The SMILES string of the molecule is C=CCN(c1cccc(C(F)(F)F)c1)S(=O)(=O)c1cccc(C(=O)Nc2ccccn2)c1. The molecule has 1 heterocycles. The summed E-state index contributed by atoms with van der Waals surface area (Å²) in [5, 5.41) is 2.55. The van der Waals surface area contributed by atoms with Crippen LogP contribution in [-0.2, 0) is 16.2 Å². The molecule has 0 aliphatic rings. The van der Waals surface area contributed by atoms with Crippen LogP contribution in [0.15, 0.2) is 90.5 Å². The fourth-order valence-corrected chi connectivity index (χ4v) is 4.32. The molecule has 1 amide bonds. The maximum absolute atomic E-state index is 13.3. The Hall–Kier alpha value is -3.66. The molecule has 0 fully saturated rings. The first-order valence-corrected chi connectivity index (χ1v) is 10.7. The predicted molar refractivity (Wildman–Crippen MR) is 115 cm³/mol. The van der Waals surface area contributed by atoms with Gasteiger partial charge < -0.3 is 5.32 Å². The number of aromatic nitrogens is 1. The summed E-state index contributed by atoms with van der Waals surface area (Å²) in [6, 6.07) is 14.1. The Morgan fingerprint density at radius 1 is 1.06 bits per heavy atom. The van der Waals surface area contributed by atoms with Gasteiger partial charge in [0.1, 0.15) is 5.82 Å². The molecular weight excluding hydrogens is 443 g/mol. The van der Waals surface area contributed by atoms with Crippen LogP contribution in [0.2, 0.25) is 0 Å². The van der Waals surface area contributed by atoms with Crippen LogP contribution >= 0.6 is 0 Å². The second-order valence-electron chi connectivity index (χ2n) is 6.57. The lowest BCUT2D eigenvalue weighted by Crippen LogP contribution is -2.31. The van der Waals surface area contributed by atoms with Crippen LogP contribution in [-0.4, -0.2) is 25.9 Å². The fourth-order valence-electron chi connectivity index (χ4n) is 2.85. The van der Waals surface area contributed by atoms with Crippen LogP contribution in [0.5, 0.6) is 0 Å². The Morgan fingerprint density at radius 2 is 1.81 bits per heavy atom. The largest absolute Gasteiger partial charge is 0.416 e. The standard InChI is InChI=1S/C22H18F3N3O3S/c1-2-13-28(18-9-6-8-17(15-18)22(23,24)25)32(30,31)19-10-5-7-16(14-19)21(29)27-20-11-3-4-12-26-20/h2-12,14-15H,1,13H2,(H,26,27,29). The summed E-state index contributed by atoms with van der Waals surface area (Å²) in [5.41, 5.74) is -1.12. The maximum atomic E-state index is 13.3. The van der Waals surface area contributed by atoms with Crippen molar-refractivity contribution in [1.29, 1.82) is 0 Å². The molecule has 0 unspecified atom stereocenters. The summed E-state index contributed by atoms with van der Waals surface area (Å²) >= 11 is 0. The highest BCUT2D eigenvalue weighted by Crippen LogP contribution is 2.33. The maximum Gasteiger partial charge on any atom is 0.416 e. The van der Waals surface area contributed by atoms with E-state index in [2.05, 4.69) is 16.9 Å². The van der Waals surface area contributed by atoms with E-state index in [1.807, 2.05) is 0 Å². The van der Waals surface area contributed by atoms with E-state index in [0.29, 0.717) is 0 Å². The number of hydrogen-bond donors (Lipinski definition) is 1. The average Bonchev–Trinajstić information content (AvgIpc) is 2.77. The summed E-state index contributed by atoms with van der Waals surface area (Å²) in [6.45, 7) is 3.23. The van der Waals surface area contributed by atoms with E-state index in [-0.39, 0.29) is 28.5 Å². The molecule has 1 N–H and O–H groups in total. The molecule has 6 nitrogen and oxygen atoms in total. The zero-order valence-corrected chi connectivity index (χ0v) is 17.4. The van der Waals surface area contributed by atoms with Crippen molar-refractivity contribution in [2.75, 3.05) is 16.2 Å². The molecule has 3 rings (SSSR count). The lowest BCUT2D eigenvalue weighted by Gasteiger charge is -2.24. The molecule has 3 aromatic rings. The van der Waals surface area contributed by atoms with Crippen molar-refractivity contribution in [3.63, 3.8) is 0 Å². The first-order chi connectivity index (χ1) is 15.1. The molecule has 10 heteroatoms. The smallest absolute Gasteiger partial charge is 0.307 e. The van der Waals surface area contributed by atoms with Crippen molar-refractivity contribution in [3.05, 3.63) is 96.7 Å². The van der Waals surface area contributed by atoms with Gasteiger partial charge in [0.2, 0.25) is 0 Å². The van der Waals surface area contributed by atoms with Crippen molar-refractivity contribution < 1.29 is 26.4 Å². The van der Waals surface area contributed by atoms with Gasteiger partial charge in [0.15, 0.2) is 0 Å². The van der Waals surface area contributed by atoms with Crippen LogP contribution in [0.25, 0.3) is 0 Å². The van der Waals surface area contributed by atoms with Gasteiger partial charge in [0.05, 0.1) is 22.7 Å². The quantitative estimate of drug-likeness (QED) is 0.516. The summed E-state index contributed by atoms with van der Waals surface area (Å²) in [4.78, 5) is 16.2. The number of hydrogen-bond acceptors (Lipinski definition) is 4. The molecule has 0 saturated heterocycles. The number of nitrogens with one attached hydrogen (secondary N) is 1. The van der Waals surface area contributed by atoms with E-state index in [1.165, 1.54) is 36.5 Å². The number of alkyl halides is 3. The summed E-state index contributed by atoms with van der Waals surface area (Å²) in [7, 11) is -4.31. The number of halogens is 3. The molecule has 0 bridgehead atoms. The minimum atomic E-state index is -4.64. The van der Waals surface area contributed by atoms with Crippen molar-refractivity contribution >= 4 is 27.4 Å². The normalized spacial score (nSPS) is 11.6. The Labute approximate surface area is 183 Å². The summed E-state index contributed by atoms with van der Waals surface area (Å²) in [6.07, 6.45) is -1.89. The highest BCUT2D eigenvalue weighted by Gasteiger charge is 2.32. The number of benzene rings is 2. The van der Waals surface area contributed by atoms with Crippen LogP contribution < -0.4 is 9.62 Å². The molecule has 0 spiro atoms. The number of carbonyl (C=O) groups is 1. The lowest BCUT2D eigenvalue weighted by atomic mass is 10.2.